The molecule has 7 heteroatoms. The molecule has 112 valence electrons. The Hall–Kier alpha value is -2.41. The average molecular weight is 318 g/mol. The predicted molar refractivity (Wildman–Crippen MR) is 81.5 cm³/mol. The molecule has 2 aromatic heterocycles. The molecule has 0 aliphatic rings. The van der Waals surface area contributed by atoms with Crippen LogP contribution in [0.25, 0.3) is 10.7 Å². The van der Waals surface area contributed by atoms with E-state index < -0.39 is 11.6 Å². The largest absolute Gasteiger partial charge is 0.354 e. The lowest BCUT2D eigenvalue weighted by atomic mass is 10.1. The average Bonchev–Trinajstić information content (AvgIpc) is 2.99. The quantitative estimate of drug-likeness (QED) is 0.788. The summed E-state index contributed by atoms with van der Waals surface area (Å²) in [6, 6.07) is 9.16. The number of anilines is 1. The molecule has 1 N–H and O–H groups in total. The Kier molecular flexibility index (Phi) is 4.06. The van der Waals surface area contributed by atoms with Crippen molar-refractivity contribution in [1.82, 2.24) is 15.2 Å². The Labute approximate surface area is 129 Å². The van der Waals surface area contributed by atoms with E-state index >= 15 is 0 Å². The first-order chi connectivity index (χ1) is 10.6. The standard InChI is InChI=1S/C15H12F2N4S/c1-9(10-5-6-11(16)12(17)8-10)19-15-21-20-14(22-15)13-4-2-3-7-18-13/h2-9H,1H3,(H,19,21). The Morgan fingerprint density at radius 3 is 2.68 bits per heavy atom. The van der Waals surface area contributed by atoms with Crippen LogP contribution in [0.3, 0.4) is 0 Å². The third-order valence-corrected chi connectivity index (χ3v) is 3.97. The van der Waals surface area contributed by atoms with Crippen molar-refractivity contribution in [2.24, 2.45) is 0 Å². The topological polar surface area (TPSA) is 50.7 Å². The van der Waals surface area contributed by atoms with E-state index in [1.54, 1.807) is 6.20 Å². The zero-order chi connectivity index (χ0) is 15.5. The van der Waals surface area contributed by atoms with Crippen molar-refractivity contribution in [3.8, 4) is 10.7 Å². The highest BCUT2D eigenvalue weighted by Gasteiger charge is 2.12. The molecule has 0 radical (unpaired) electrons. The van der Waals surface area contributed by atoms with E-state index in [-0.39, 0.29) is 6.04 Å². The fourth-order valence-corrected chi connectivity index (χ4v) is 2.73. The lowest BCUT2D eigenvalue weighted by Crippen LogP contribution is -2.07. The van der Waals surface area contributed by atoms with Gasteiger partial charge in [-0.25, -0.2) is 8.78 Å². The van der Waals surface area contributed by atoms with Gasteiger partial charge in [-0.05, 0) is 36.8 Å². The molecule has 0 saturated carbocycles. The number of halogens is 2. The highest BCUT2D eigenvalue weighted by molar-refractivity contribution is 7.18. The van der Waals surface area contributed by atoms with E-state index in [0.717, 1.165) is 11.8 Å². The zero-order valence-electron chi connectivity index (χ0n) is 11.6. The minimum absolute atomic E-state index is 0.223. The van der Waals surface area contributed by atoms with Crippen molar-refractivity contribution < 1.29 is 8.78 Å². The minimum Gasteiger partial charge on any atom is -0.354 e. The maximum atomic E-state index is 13.3. The molecule has 0 bridgehead atoms. The summed E-state index contributed by atoms with van der Waals surface area (Å²) in [5, 5.41) is 12.5. The van der Waals surface area contributed by atoms with Gasteiger partial charge in [0.1, 0.15) is 5.69 Å². The molecule has 3 rings (SSSR count). The lowest BCUT2D eigenvalue weighted by Gasteiger charge is -2.12. The van der Waals surface area contributed by atoms with Crippen LogP contribution in [0.4, 0.5) is 13.9 Å². The van der Waals surface area contributed by atoms with Gasteiger partial charge in [-0.2, -0.15) is 0 Å². The summed E-state index contributed by atoms with van der Waals surface area (Å²) in [5.41, 5.74) is 1.38. The zero-order valence-corrected chi connectivity index (χ0v) is 12.4. The molecule has 1 atom stereocenters. The molecule has 0 aliphatic heterocycles. The van der Waals surface area contributed by atoms with Gasteiger partial charge in [-0.15, -0.1) is 10.2 Å². The SMILES string of the molecule is CC(Nc1nnc(-c2ccccn2)s1)c1ccc(F)c(F)c1. The Balaban J connectivity index is 1.76. The third-order valence-electron chi connectivity index (χ3n) is 3.09. The van der Waals surface area contributed by atoms with Crippen LogP contribution in [0.2, 0.25) is 0 Å². The van der Waals surface area contributed by atoms with Crippen LogP contribution < -0.4 is 5.32 Å². The van der Waals surface area contributed by atoms with Crippen LogP contribution in [0.15, 0.2) is 42.6 Å². The molecule has 2 heterocycles. The first-order valence-corrected chi connectivity index (χ1v) is 7.41. The van der Waals surface area contributed by atoms with Crippen molar-refractivity contribution in [3.05, 3.63) is 59.8 Å². The van der Waals surface area contributed by atoms with Gasteiger partial charge in [-0.1, -0.05) is 23.5 Å². The summed E-state index contributed by atoms with van der Waals surface area (Å²) < 4.78 is 26.2. The molecule has 0 spiro atoms. The van der Waals surface area contributed by atoms with Crippen molar-refractivity contribution in [1.29, 1.82) is 0 Å². The van der Waals surface area contributed by atoms with E-state index in [1.165, 1.54) is 23.5 Å². The van der Waals surface area contributed by atoms with E-state index in [2.05, 4.69) is 20.5 Å². The van der Waals surface area contributed by atoms with Gasteiger partial charge in [-0.3, -0.25) is 4.98 Å². The first kappa shape index (κ1) is 14.5. The maximum Gasteiger partial charge on any atom is 0.206 e. The van der Waals surface area contributed by atoms with Gasteiger partial charge in [0.2, 0.25) is 5.13 Å². The summed E-state index contributed by atoms with van der Waals surface area (Å²) in [4.78, 5) is 4.21. The smallest absolute Gasteiger partial charge is 0.206 e. The lowest BCUT2D eigenvalue weighted by molar-refractivity contribution is 0.506. The third kappa shape index (κ3) is 3.09. The molecule has 4 nitrogen and oxygen atoms in total. The van der Waals surface area contributed by atoms with E-state index in [9.17, 15) is 8.78 Å². The van der Waals surface area contributed by atoms with Crippen LogP contribution in [0, 0.1) is 11.6 Å². The van der Waals surface area contributed by atoms with Crippen molar-refractivity contribution >= 4 is 16.5 Å². The number of rotatable bonds is 4. The maximum absolute atomic E-state index is 13.3. The molecule has 0 amide bonds. The Bertz CT molecular complexity index is 776. The number of hydrogen-bond acceptors (Lipinski definition) is 5. The van der Waals surface area contributed by atoms with Crippen molar-refractivity contribution in [2.75, 3.05) is 5.32 Å². The second kappa shape index (κ2) is 6.15. The van der Waals surface area contributed by atoms with Crippen LogP contribution in [-0.2, 0) is 0 Å². The van der Waals surface area contributed by atoms with Gasteiger partial charge in [0.15, 0.2) is 16.6 Å². The van der Waals surface area contributed by atoms with Crippen molar-refractivity contribution in [2.45, 2.75) is 13.0 Å². The van der Waals surface area contributed by atoms with E-state index in [0.29, 0.717) is 15.7 Å². The monoisotopic (exact) mass is 318 g/mol. The van der Waals surface area contributed by atoms with Crippen LogP contribution in [-0.4, -0.2) is 15.2 Å². The molecular weight excluding hydrogens is 306 g/mol. The van der Waals surface area contributed by atoms with Crippen LogP contribution in [0.5, 0.6) is 0 Å². The van der Waals surface area contributed by atoms with Crippen LogP contribution >= 0.6 is 11.3 Å². The fraction of sp³-hybridized carbons (Fsp3) is 0.133. The number of hydrogen-bond donors (Lipinski definition) is 1. The summed E-state index contributed by atoms with van der Waals surface area (Å²) in [6.45, 7) is 1.84. The molecule has 3 aromatic rings. The highest BCUT2D eigenvalue weighted by Crippen LogP contribution is 2.27. The molecule has 1 unspecified atom stereocenters. The number of pyridine rings is 1. The summed E-state index contributed by atoms with van der Waals surface area (Å²) in [6.07, 6.45) is 1.69. The van der Waals surface area contributed by atoms with Gasteiger partial charge >= 0.3 is 0 Å². The molecular formula is C15H12F2N4S. The number of nitrogens with one attached hydrogen (secondary N) is 1. The molecule has 22 heavy (non-hydrogen) atoms. The molecule has 1 aromatic carbocycles. The fourth-order valence-electron chi connectivity index (χ4n) is 1.92. The highest BCUT2D eigenvalue weighted by atomic mass is 32.1. The first-order valence-electron chi connectivity index (χ1n) is 6.60. The summed E-state index contributed by atoms with van der Waals surface area (Å²) in [5.74, 6) is -1.72. The number of benzene rings is 1. The Morgan fingerprint density at radius 2 is 1.95 bits per heavy atom. The number of aromatic nitrogens is 3. The van der Waals surface area contributed by atoms with Gasteiger partial charge in [0.05, 0.1) is 6.04 Å². The minimum atomic E-state index is -0.863. The molecule has 0 saturated heterocycles. The summed E-state index contributed by atoms with van der Waals surface area (Å²) in [7, 11) is 0. The van der Waals surface area contributed by atoms with Gasteiger partial charge in [0, 0.05) is 6.20 Å². The van der Waals surface area contributed by atoms with E-state index in [4.69, 9.17) is 0 Å². The second-order valence-electron chi connectivity index (χ2n) is 4.67. The molecule has 0 fully saturated rings. The molecule has 0 aliphatic carbocycles. The predicted octanol–water partition coefficient (Wildman–Crippen LogP) is 4.05. The van der Waals surface area contributed by atoms with E-state index in [1.807, 2.05) is 25.1 Å². The summed E-state index contributed by atoms with van der Waals surface area (Å²) >= 11 is 1.35. The van der Waals surface area contributed by atoms with Gasteiger partial charge in [0.25, 0.3) is 0 Å². The number of nitrogens with zero attached hydrogens (tertiary/aromatic N) is 3. The Morgan fingerprint density at radius 1 is 1.09 bits per heavy atom. The second-order valence-corrected chi connectivity index (χ2v) is 5.64. The normalized spacial score (nSPS) is 12.1. The van der Waals surface area contributed by atoms with Crippen LogP contribution in [0.1, 0.15) is 18.5 Å². The van der Waals surface area contributed by atoms with Crippen molar-refractivity contribution in [3.63, 3.8) is 0 Å². The van der Waals surface area contributed by atoms with Gasteiger partial charge < -0.3 is 5.32 Å².